The van der Waals surface area contributed by atoms with Crippen LogP contribution in [0.1, 0.15) is 33.9 Å². The Morgan fingerprint density at radius 2 is 1.70 bits per heavy atom. The fourth-order valence-corrected chi connectivity index (χ4v) is 7.74. The molecule has 5 aromatic carbocycles. The van der Waals surface area contributed by atoms with Gasteiger partial charge in [0, 0.05) is 11.3 Å². The molecule has 1 amide bonds. The molecule has 11 heteroatoms. The third-order valence-electron chi connectivity index (χ3n) is 8.46. The lowest BCUT2D eigenvalue weighted by atomic mass is 9.94. The third kappa shape index (κ3) is 6.45. The molecule has 1 aliphatic rings. The van der Waals surface area contributed by atoms with E-state index in [1.165, 1.54) is 47.2 Å². The molecule has 0 bridgehead atoms. The molecule has 1 fully saturated rings. The first-order chi connectivity index (χ1) is 24.3. The van der Waals surface area contributed by atoms with Gasteiger partial charge in [-0.3, -0.25) is 14.5 Å². The number of ketones is 1. The number of aliphatic hydroxyl groups excluding tert-OH is 1. The Balaban J connectivity index is 1.26. The first-order valence-corrected chi connectivity index (χ1v) is 17.5. The van der Waals surface area contributed by atoms with Crippen LogP contribution in [0.15, 0.2) is 119 Å². The van der Waals surface area contributed by atoms with Crippen LogP contribution in [0.3, 0.4) is 0 Å². The van der Waals surface area contributed by atoms with Crippen molar-refractivity contribution < 1.29 is 28.6 Å². The number of amides is 1. The third-order valence-corrected chi connectivity index (χ3v) is 10.6. The molecule has 1 saturated heterocycles. The summed E-state index contributed by atoms with van der Waals surface area (Å²) in [6, 6.07) is 32.0. The van der Waals surface area contributed by atoms with Gasteiger partial charge in [0.05, 0.1) is 18.7 Å². The van der Waals surface area contributed by atoms with Gasteiger partial charge in [-0.1, -0.05) is 114 Å². The number of carbonyl (C=O) groups excluding carboxylic acids is 2. The molecule has 0 unspecified atom stereocenters. The number of Topliss-reactive ketones (excluding diaryl/α,β-unsaturated/α-hetero) is 1. The van der Waals surface area contributed by atoms with Gasteiger partial charge in [-0.25, -0.2) is 4.39 Å². The molecule has 0 saturated carbocycles. The van der Waals surface area contributed by atoms with E-state index in [9.17, 15) is 19.1 Å². The number of nitrogens with zero attached hydrogens (tertiary/aromatic N) is 3. The average Bonchev–Trinajstić information content (AvgIpc) is 3.72. The highest BCUT2D eigenvalue weighted by molar-refractivity contribution is 8.00. The van der Waals surface area contributed by atoms with Crippen molar-refractivity contribution in [1.82, 2.24) is 10.2 Å². The Hall–Kier alpha value is -5.52. The quantitative estimate of drug-likeness (QED) is 0.0498. The smallest absolute Gasteiger partial charge is 0.301 e. The van der Waals surface area contributed by atoms with Gasteiger partial charge in [-0.05, 0) is 58.1 Å². The maximum absolute atomic E-state index is 14.6. The van der Waals surface area contributed by atoms with Crippen LogP contribution in [0.5, 0.6) is 11.5 Å². The summed E-state index contributed by atoms with van der Waals surface area (Å²) in [5.41, 5.74) is 2.76. The monoisotopic (exact) mass is 703 g/mol. The Labute approximate surface area is 295 Å². The Bertz CT molecular complexity index is 2270. The minimum atomic E-state index is -1.12. The van der Waals surface area contributed by atoms with E-state index in [1.807, 2.05) is 48.5 Å². The number of anilines is 1. The zero-order valence-corrected chi connectivity index (χ0v) is 28.6. The molecule has 7 rings (SSSR count). The zero-order valence-electron chi connectivity index (χ0n) is 27.0. The summed E-state index contributed by atoms with van der Waals surface area (Å²) in [7, 11) is 1.49. The summed E-state index contributed by atoms with van der Waals surface area (Å²) in [6.07, 6.45) is 0. The predicted molar refractivity (Wildman–Crippen MR) is 193 cm³/mol. The van der Waals surface area contributed by atoms with Crippen LogP contribution in [0.4, 0.5) is 9.52 Å². The van der Waals surface area contributed by atoms with Crippen LogP contribution >= 0.6 is 23.1 Å². The summed E-state index contributed by atoms with van der Waals surface area (Å²) in [6.45, 7) is 1.88. The van der Waals surface area contributed by atoms with E-state index in [2.05, 4.69) is 34.5 Å². The Kier molecular flexibility index (Phi) is 9.34. The highest BCUT2D eigenvalue weighted by Crippen LogP contribution is 2.46. The fourth-order valence-electron chi connectivity index (χ4n) is 5.87. The van der Waals surface area contributed by atoms with Crippen LogP contribution in [-0.4, -0.2) is 34.1 Å². The number of ether oxygens (including phenoxy) is 2. The number of halogens is 1. The van der Waals surface area contributed by atoms with E-state index in [0.717, 1.165) is 28.0 Å². The van der Waals surface area contributed by atoms with E-state index < -0.39 is 29.3 Å². The maximum atomic E-state index is 14.6. The van der Waals surface area contributed by atoms with Crippen molar-refractivity contribution in [3.63, 3.8) is 0 Å². The number of aryl methyl sites for hydroxylation is 1. The van der Waals surface area contributed by atoms with Gasteiger partial charge in [-0.2, -0.15) is 0 Å². The lowest BCUT2D eigenvalue weighted by Crippen LogP contribution is -2.29. The number of fused-ring (bicyclic) bond motifs is 1. The Morgan fingerprint density at radius 1 is 0.920 bits per heavy atom. The normalized spacial score (nSPS) is 15.5. The van der Waals surface area contributed by atoms with E-state index in [1.54, 1.807) is 25.1 Å². The summed E-state index contributed by atoms with van der Waals surface area (Å²) in [5, 5.41) is 22.7. The van der Waals surface area contributed by atoms with E-state index >= 15 is 0 Å². The van der Waals surface area contributed by atoms with Gasteiger partial charge in [0.2, 0.25) is 5.13 Å². The lowest BCUT2D eigenvalue weighted by molar-refractivity contribution is -0.132. The molecule has 1 N–H and O–H groups in total. The van der Waals surface area contributed by atoms with Crippen LogP contribution < -0.4 is 14.4 Å². The first kappa shape index (κ1) is 33.0. The van der Waals surface area contributed by atoms with Crippen molar-refractivity contribution in [1.29, 1.82) is 0 Å². The number of rotatable bonds is 10. The number of thioether (sulfide) groups is 1. The molecule has 6 aromatic rings. The second kappa shape index (κ2) is 14.1. The molecule has 0 aliphatic carbocycles. The largest absolute Gasteiger partial charge is 0.507 e. The predicted octanol–water partition coefficient (Wildman–Crippen LogP) is 8.65. The summed E-state index contributed by atoms with van der Waals surface area (Å²) in [4.78, 5) is 28.8. The summed E-state index contributed by atoms with van der Waals surface area (Å²) >= 11 is 2.63. The molecule has 1 aromatic heterocycles. The number of methoxy groups -OCH3 is 1. The van der Waals surface area contributed by atoms with Gasteiger partial charge < -0.3 is 14.6 Å². The van der Waals surface area contributed by atoms with Crippen LogP contribution in [0.2, 0.25) is 0 Å². The number of hydrogen-bond donors (Lipinski definition) is 1. The number of aliphatic hydroxyl groups is 1. The van der Waals surface area contributed by atoms with Crippen molar-refractivity contribution in [2.45, 2.75) is 29.7 Å². The number of aromatic nitrogens is 2. The maximum Gasteiger partial charge on any atom is 0.301 e. The molecule has 50 heavy (non-hydrogen) atoms. The molecular formula is C39H30FN3O5S2. The van der Waals surface area contributed by atoms with Crippen molar-refractivity contribution in [2.24, 2.45) is 0 Å². The molecule has 0 spiro atoms. The van der Waals surface area contributed by atoms with Gasteiger partial charge in [0.15, 0.2) is 15.8 Å². The molecule has 250 valence electrons. The SMILES string of the molecule is COc1cc([C@@H]2C(=C(O)c3ccc(C)c(F)c3)C(=O)C(=O)N2c2nnc(SCc3cccc4ccccc34)s2)ccc1OCc1ccccc1. The fraction of sp³-hybridized carbons (Fsp3) is 0.128. The van der Waals surface area contributed by atoms with Crippen molar-refractivity contribution in [3.05, 3.63) is 148 Å². The summed E-state index contributed by atoms with van der Waals surface area (Å²) in [5.74, 6) is -1.48. The van der Waals surface area contributed by atoms with E-state index in [0.29, 0.717) is 32.7 Å². The molecule has 1 atom stereocenters. The number of hydrogen-bond acceptors (Lipinski definition) is 9. The average molecular weight is 704 g/mol. The Morgan fingerprint density at radius 3 is 2.50 bits per heavy atom. The highest BCUT2D eigenvalue weighted by atomic mass is 32.2. The minimum absolute atomic E-state index is 0.0643. The van der Waals surface area contributed by atoms with Crippen molar-refractivity contribution in [3.8, 4) is 11.5 Å². The second-order valence-electron chi connectivity index (χ2n) is 11.6. The second-order valence-corrected chi connectivity index (χ2v) is 13.8. The van der Waals surface area contributed by atoms with E-state index in [4.69, 9.17) is 9.47 Å². The van der Waals surface area contributed by atoms with Gasteiger partial charge in [0.1, 0.15) is 18.2 Å². The van der Waals surface area contributed by atoms with Crippen LogP contribution in [0.25, 0.3) is 16.5 Å². The number of carbonyl (C=O) groups is 2. The topological polar surface area (TPSA) is 102 Å². The van der Waals surface area contributed by atoms with Crippen molar-refractivity contribution in [2.75, 3.05) is 12.0 Å². The lowest BCUT2D eigenvalue weighted by Gasteiger charge is -2.23. The van der Waals surface area contributed by atoms with Crippen LogP contribution in [0, 0.1) is 12.7 Å². The standard InChI is InChI=1S/C39H30FN3O5S2/c1-23-15-16-27(19-30(23)40)35(44)33-34(26-17-18-31(32(20-26)47-2)48-21-24-9-4-3-5-10-24)43(37(46)36(33)45)38-41-42-39(50-38)49-22-28-13-8-12-25-11-6-7-14-29(25)28/h3-20,34,44H,21-22H2,1-2H3/t34-/m1/s1. The first-order valence-electron chi connectivity index (χ1n) is 15.7. The van der Waals surface area contributed by atoms with E-state index in [-0.39, 0.29) is 22.9 Å². The zero-order chi connectivity index (χ0) is 34.8. The molecule has 8 nitrogen and oxygen atoms in total. The van der Waals surface area contributed by atoms with Crippen molar-refractivity contribution >= 4 is 56.5 Å². The molecule has 0 radical (unpaired) electrons. The van der Waals surface area contributed by atoms with Gasteiger partial charge in [0.25, 0.3) is 5.78 Å². The summed E-state index contributed by atoms with van der Waals surface area (Å²) < 4.78 is 27.0. The molecular weight excluding hydrogens is 674 g/mol. The van der Waals surface area contributed by atoms with Gasteiger partial charge in [-0.15, -0.1) is 10.2 Å². The van der Waals surface area contributed by atoms with Crippen LogP contribution in [-0.2, 0) is 21.9 Å². The number of benzene rings is 5. The molecule has 2 heterocycles. The van der Waals surface area contributed by atoms with Gasteiger partial charge >= 0.3 is 5.91 Å². The highest BCUT2D eigenvalue weighted by Gasteiger charge is 2.48. The molecule has 1 aliphatic heterocycles. The minimum Gasteiger partial charge on any atom is -0.507 e.